The minimum absolute atomic E-state index is 0.00181. The zero-order valence-electron chi connectivity index (χ0n) is 9.28. The number of hydrogen-bond acceptors (Lipinski definition) is 4. The Morgan fingerprint density at radius 2 is 2.33 bits per heavy atom. The summed E-state index contributed by atoms with van der Waals surface area (Å²) < 4.78 is 5.89. The highest BCUT2D eigenvalue weighted by molar-refractivity contribution is 7.10. The van der Waals surface area contributed by atoms with Gasteiger partial charge in [-0.2, -0.15) is 0 Å². The summed E-state index contributed by atoms with van der Waals surface area (Å²) >= 11 is 1.69. The number of aliphatic hydroxyl groups is 1. The second kappa shape index (κ2) is 3.87. The van der Waals surface area contributed by atoms with Gasteiger partial charge in [-0.1, -0.05) is 0 Å². The number of hydrogen-bond donors (Lipinski definition) is 2. The molecule has 0 amide bonds. The largest absolute Gasteiger partial charge is 0.395 e. The lowest BCUT2D eigenvalue weighted by molar-refractivity contribution is -0.0259. The lowest BCUT2D eigenvalue weighted by Gasteiger charge is -2.17. The van der Waals surface area contributed by atoms with E-state index in [0.29, 0.717) is 0 Å². The van der Waals surface area contributed by atoms with E-state index in [4.69, 9.17) is 4.74 Å². The van der Waals surface area contributed by atoms with Crippen molar-refractivity contribution in [3.63, 3.8) is 0 Å². The second-order valence-corrected chi connectivity index (χ2v) is 5.45. The van der Waals surface area contributed by atoms with Crippen LogP contribution in [0.25, 0.3) is 0 Å². The highest BCUT2D eigenvalue weighted by Gasteiger charge is 2.40. The van der Waals surface area contributed by atoms with Gasteiger partial charge in [-0.25, -0.2) is 0 Å². The molecule has 0 bridgehead atoms. The van der Waals surface area contributed by atoms with Crippen LogP contribution < -0.4 is 5.32 Å². The van der Waals surface area contributed by atoms with Crippen molar-refractivity contribution in [3.8, 4) is 0 Å². The molecule has 1 fully saturated rings. The molecular weight excluding hydrogens is 210 g/mol. The van der Waals surface area contributed by atoms with E-state index in [0.717, 1.165) is 0 Å². The van der Waals surface area contributed by atoms with Gasteiger partial charge in [0.25, 0.3) is 0 Å². The van der Waals surface area contributed by atoms with Crippen LogP contribution >= 0.6 is 11.3 Å². The van der Waals surface area contributed by atoms with Gasteiger partial charge >= 0.3 is 0 Å². The molecule has 3 nitrogen and oxygen atoms in total. The third-order valence-electron chi connectivity index (χ3n) is 2.55. The Bertz CT molecular complexity index is 348. The molecule has 2 N–H and O–H groups in total. The van der Waals surface area contributed by atoms with Gasteiger partial charge in [0.2, 0.25) is 0 Å². The molecule has 0 unspecified atom stereocenters. The van der Waals surface area contributed by atoms with Crippen molar-refractivity contribution in [2.45, 2.75) is 38.6 Å². The zero-order valence-corrected chi connectivity index (χ0v) is 10.1. The molecule has 0 spiro atoms. The van der Waals surface area contributed by atoms with E-state index < -0.39 is 0 Å². The summed E-state index contributed by atoms with van der Waals surface area (Å²) in [4.78, 5) is 1.18. The van der Waals surface area contributed by atoms with Gasteiger partial charge in [0.05, 0.1) is 12.6 Å². The monoisotopic (exact) mass is 227 g/mol. The Morgan fingerprint density at radius 3 is 2.87 bits per heavy atom. The summed E-state index contributed by atoms with van der Waals surface area (Å²) in [6, 6.07) is 2.12. The molecule has 1 aliphatic rings. The van der Waals surface area contributed by atoms with Crippen molar-refractivity contribution in [2.75, 3.05) is 6.61 Å². The van der Waals surface area contributed by atoms with Gasteiger partial charge < -0.3 is 9.84 Å². The van der Waals surface area contributed by atoms with Crippen molar-refractivity contribution >= 4 is 11.3 Å². The standard InChI is InChI=1S/C11H17NO2S/c1-7-4-9(15-6-7)10-8(5-13)12-11(2,3)14-10/h4,6,8,10,12-13H,5H2,1-3H3/t8-,10-/m0/s1. The van der Waals surface area contributed by atoms with Crippen LogP contribution in [0, 0.1) is 6.92 Å². The van der Waals surface area contributed by atoms with Crippen molar-refractivity contribution in [2.24, 2.45) is 0 Å². The minimum atomic E-state index is -0.351. The molecule has 2 heterocycles. The number of ether oxygens (including phenoxy) is 1. The Hall–Kier alpha value is -0.420. The second-order valence-electron chi connectivity index (χ2n) is 4.51. The number of aliphatic hydroxyl groups excluding tert-OH is 1. The average molecular weight is 227 g/mol. The molecule has 0 saturated carbocycles. The maximum Gasteiger partial charge on any atom is 0.114 e. The lowest BCUT2D eigenvalue weighted by Crippen LogP contribution is -2.40. The molecule has 1 aliphatic heterocycles. The summed E-state index contributed by atoms with van der Waals surface area (Å²) in [5.74, 6) is 0. The first-order chi connectivity index (χ1) is 7.02. The quantitative estimate of drug-likeness (QED) is 0.809. The van der Waals surface area contributed by atoms with Crippen molar-refractivity contribution < 1.29 is 9.84 Å². The molecular formula is C11H17NO2S. The highest BCUT2D eigenvalue weighted by atomic mass is 32.1. The van der Waals surface area contributed by atoms with Gasteiger partial charge in [-0.05, 0) is 37.8 Å². The molecule has 2 rings (SSSR count). The maximum atomic E-state index is 9.30. The van der Waals surface area contributed by atoms with Crippen LogP contribution in [0.15, 0.2) is 11.4 Å². The molecule has 15 heavy (non-hydrogen) atoms. The van der Waals surface area contributed by atoms with Crippen molar-refractivity contribution in [1.29, 1.82) is 0 Å². The molecule has 1 aromatic rings. The van der Waals surface area contributed by atoms with Crippen LogP contribution in [-0.4, -0.2) is 23.5 Å². The van der Waals surface area contributed by atoms with Gasteiger partial charge in [-0.15, -0.1) is 11.3 Å². The molecule has 84 valence electrons. The fourth-order valence-corrected chi connectivity index (χ4v) is 2.95. The van der Waals surface area contributed by atoms with E-state index in [2.05, 4.69) is 23.7 Å². The average Bonchev–Trinajstić information content (AvgIpc) is 2.69. The van der Waals surface area contributed by atoms with Crippen LogP contribution in [0.4, 0.5) is 0 Å². The molecule has 2 atom stereocenters. The Morgan fingerprint density at radius 1 is 1.60 bits per heavy atom. The van der Waals surface area contributed by atoms with Crippen LogP contribution in [0.3, 0.4) is 0 Å². The van der Waals surface area contributed by atoms with Gasteiger partial charge in [0.1, 0.15) is 11.8 Å². The molecule has 4 heteroatoms. The molecule has 0 aromatic carbocycles. The van der Waals surface area contributed by atoms with Crippen molar-refractivity contribution in [1.82, 2.24) is 5.32 Å². The number of aryl methyl sites for hydroxylation is 1. The summed E-state index contributed by atoms with van der Waals surface area (Å²) in [6.45, 7) is 6.14. The summed E-state index contributed by atoms with van der Waals surface area (Å²) in [7, 11) is 0. The van der Waals surface area contributed by atoms with E-state index in [1.807, 2.05) is 13.8 Å². The minimum Gasteiger partial charge on any atom is -0.395 e. The predicted molar refractivity (Wildman–Crippen MR) is 61.0 cm³/mol. The number of rotatable bonds is 2. The van der Waals surface area contributed by atoms with Gasteiger partial charge in [0.15, 0.2) is 0 Å². The Balaban J connectivity index is 2.21. The smallest absolute Gasteiger partial charge is 0.114 e. The Kier molecular flexibility index (Phi) is 2.85. The van der Waals surface area contributed by atoms with E-state index in [9.17, 15) is 5.11 Å². The van der Waals surface area contributed by atoms with Crippen LogP contribution in [0.1, 0.15) is 30.4 Å². The molecule has 1 aromatic heterocycles. The van der Waals surface area contributed by atoms with E-state index in [1.54, 1.807) is 11.3 Å². The molecule has 0 radical (unpaired) electrons. The third-order valence-corrected chi connectivity index (χ3v) is 3.66. The summed E-state index contributed by atoms with van der Waals surface area (Å²) in [6.07, 6.45) is -0.0244. The normalized spacial score (nSPS) is 29.6. The number of thiophene rings is 1. The highest BCUT2D eigenvalue weighted by Crippen LogP contribution is 2.35. The lowest BCUT2D eigenvalue weighted by atomic mass is 10.1. The van der Waals surface area contributed by atoms with E-state index >= 15 is 0 Å². The summed E-state index contributed by atoms with van der Waals surface area (Å²) in [5, 5.41) is 14.7. The third kappa shape index (κ3) is 2.23. The first kappa shape index (κ1) is 11.1. The maximum absolute atomic E-state index is 9.30. The van der Waals surface area contributed by atoms with Crippen molar-refractivity contribution in [3.05, 3.63) is 21.9 Å². The fraction of sp³-hybridized carbons (Fsp3) is 0.636. The van der Waals surface area contributed by atoms with Gasteiger partial charge in [0, 0.05) is 4.88 Å². The first-order valence-electron chi connectivity index (χ1n) is 5.13. The SMILES string of the molecule is Cc1csc([C@H]2OC(C)(C)N[C@H]2CO)c1. The molecule has 0 aliphatic carbocycles. The molecule has 1 saturated heterocycles. The van der Waals surface area contributed by atoms with Crippen LogP contribution in [0.2, 0.25) is 0 Å². The van der Waals surface area contributed by atoms with Gasteiger partial charge in [-0.3, -0.25) is 5.32 Å². The zero-order chi connectivity index (χ0) is 11.1. The summed E-state index contributed by atoms with van der Waals surface area (Å²) in [5.41, 5.74) is 0.899. The fourth-order valence-electron chi connectivity index (χ4n) is 1.96. The number of nitrogens with one attached hydrogen (secondary N) is 1. The van der Waals surface area contributed by atoms with Crippen LogP contribution in [-0.2, 0) is 4.74 Å². The van der Waals surface area contributed by atoms with E-state index in [1.165, 1.54) is 10.4 Å². The van der Waals surface area contributed by atoms with Crippen LogP contribution in [0.5, 0.6) is 0 Å². The van der Waals surface area contributed by atoms with E-state index in [-0.39, 0.29) is 24.5 Å². The predicted octanol–water partition coefficient (Wildman–Crippen LogP) is 1.81. The first-order valence-corrected chi connectivity index (χ1v) is 6.01. The Labute approximate surface area is 94.1 Å². The topological polar surface area (TPSA) is 41.5 Å².